The van der Waals surface area contributed by atoms with E-state index in [9.17, 15) is 9.18 Å². The minimum atomic E-state index is -0.683. The van der Waals surface area contributed by atoms with Gasteiger partial charge in [-0.3, -0.25) is 4.79 Å². The van der Waals surface area contributed by atoms with Crippen LogP contribution in [0, 0.1) is 5.82 Å². The van der Waals surface area contributed by atoms with Crippen molar-refractivity contribution in [2.45, 2.75) is 25.9 Å². The van der Waals surface area contributed by atoms with Crippen molar-refractivity contribution in [2.75, 3.05) is 19.7 Å². The Morgan fingerprint density at radius 2 is 2.16 bits per heavy atom. The number of rotatable bonds is 3. The number of nitrogens with zero attached hydrogens (tertiary/aromatic N) is 1. The molecule has 0 bridgehead atoms. The van der Waals surface area contributed by atoms with E-state index in [1.807, 2.05) is 6.92 Å². The van der Waals surface area contributed by atoms with E-state index in [-0.39, 0.29) is 23.3 Å². The van der Waals surface area contributed by atoms with Gasteiger partial charge in [-0.2, -0.15) is 0 Å². The van der Waals surface area contributed by atoms with E-state index in [1.54, 1.807) is 4.90 Å². The van der Waals surface area contributed by atoms with E-state index >= 15 is 0 Å². The summed E-state index contributed by atoms with van der Waals surface area (Å²) in [4.78, 5) is 13.8. The first-order valence-electron chi connectivity index (χ1n) is 6.51. The van der Waals surface area contributed by atoms with E-state index in [4.69, 9.17) is 9.84 Å². The van der Waals surface area contributed by atoms with E-state index in [2.05, 4.69) is 0 Å². The molecule has 1 amide bonds. The number of carbonyl (C=O) groups is 1. The van der Waals surface area contributed by atoms with Gasteiger partial charge in [-0.1, -0.05) is 0 Å². The van der Waals surface area contributed by atoms with Crippen LogP contribution >= 0.6 is 0 Å². The molecule has 0 spiro atoms. The zero-order valence-electron chi connectivity index (χ0n) is 10.9. The van der Waals surface area contributed by atoms with Gasteiger partial charge in [-0.25, -0.2) is 4.39 Å². The number of piperidine rings is 1. The Balaban J connectivity index is 2.01. The predicted molar refractivity (Wildman–Crippen MR) is 68.6 cm³/mol. The Hall–Kier alpha value is -1.62. The fourth-order valence-electron chi connectivity index (χ4n) is 2.31. The van der Waals surface area contributed by atoms with Gasteiger partial charge >= 0.3 is 0 Å². The van der Waals surface area contributed by atoms with Crippen molar-refractivity contribution in [3.63, 3.8) is 0 Å². The van der Waals surface area contributed by atoms with Crippen LogP contribution < -0.4 is 0 Å². The van der Waals surface area contributed by atoms with Gasteiger partial charge in [0.2, 0.25) is 0 Å². The average Bonchev–Trinajstić information content (AvgIpc) is 2.39. The third-order valence-electron chi connectivity index (χ3n) is 3.31. The molecule has 104 valence electrons. The summed E-state index contributed by atoms with van der Waals surface area (Å²) in [5.74, 6) is -1.19. The molecule has 1 aliphatic rings. The maximum atomic E-state index is 13.6. The van der Waals surface area contributed by atoms with E-state index < -0.39 is 5.82 Å². The first kappa shape index (κ1) is 13.8. The monoisotopic (exact) mass is 267 g/mol. The van der Waals surface area contributed by atoms with Crippen LogP contribution in [0.1, 0.15) is 30.1 Å². The van der Waals surface area contributed by atoms with Gasteiger partial charge in [0.05, 0.1) is 11.7 Å². The van der Waals surface area contributed by atoms with Gasteiger partial charge in [0.15, 0.2) is 0 Å². The summed E-state index contributed by atoms with van der Waals surface area (Å²) in [5.41, 5.74) is 0.00709. The van der Waals surface area contributed by atoms with Crippen molar-refractivity contribution >= 4 is 5.91 Å². The molecule has 1 aromatic rings. The topological polar surface area (TPSA) is 49.8 Å². The Morgan fingerprint density at radius 3 is 2.74 bits per heavy atom. The average molecular weight is 267 g/mol. The molecule has 1 aliphatic heterocycles. The number of likely N-dealkylation sites (tertiary alicyclic amines) is 1. The second kappa shape index (κ2) is 6.02. The highest BCUT2D eigenvalue weighted by atomic mass is 19.1. The third kappa shape index (κ3) is 3.23. The highest BCUT2D eigenvalue weighted by molar-refractivity contribution is 5.94. The maximum absolute atomic E-state index is 13.6. The molecule has 5 heteroatoms. The van der Waals surface area contributed by atoms with E-state index in [0.29, 0.717) is 19.7 Å². The van der Waals surface area contributed by atoms with Crippen molar-refractivity contribution < 1.29 is 19.0 Å². The van der Waals surface area contributed by atoms with Crippen LogP contribution in [-0.4, -0.2) is 41.7 Å². The Bertz CT molecular complexity index is 456. The van der Waals surface area contributed by atoms with E-state index in [1.165, 1.54) is 12.1 Å². The Morgan fingerprint density at radius 1 is 1.47 bits per heavy atom. The quantitative estimate of drug-likeness (QED) is 0.913. The number of hydrogen-bond acceptors (Lipinski definition) is 3. The molecule has 1 saturated heterocycles. The van der Waals surface area contributed by atoms with Crippen molar-refractivity contribution in [3.05, 3.63) is 29.6 Å². The molecule has 1 fully saturated rings. The van der Waals surface area contributed by atoms with Crippen LogP contribution in [-0.2, 0) is 4.74 Å². The van der Waals surface area contributed by atoms with Crippen LogP contribution in [0.3, 0.4) is 0 Å². The number of hydrogen-bond donors (Lipinski definition) is 1. The molecule has 0 atom stereocenters. The van der Waals surface area contributed by atoms with Gasteiger partial charge in [0.25, 0.3) is 5.91 Å². The number of phenolic OH excluding ortho intramolecular Hbond substituents is 1. The molecule has 4 nitrogen and oxygen atoms in total. The van der Waals surface area contributed by atoms with Crippen molar-refractivity contribution in [1.82, 2.24) is 4.90 Å². The zero-order valence-corrected chi connectivity index (χ0v) is 10.9. The number of benzene rings is 1. The van der Waals surface area contributed by atoms with E-state index in [0.717, 1.165) is 18.9 Å². The zero-order chi connectivity index (χ0) is 13.8. The summed E-state index contributed by atoms with van der Waals surface area (Å²) in [6, 6.07) is 3.60. The molecule has 1 N–H and O–H groups in total. The number of ether oxygens (including phenoxy) is 1. The fourth-order valence-corrected chi connectivity index (χ4v) is 2.31. The highest BCUT2D eigenvalue weighted by Crippen LogP contribution is 2.20. The highest BCUT2D eigenvalue weighted by Gasteiger charge is 2.25. The van der Waals surface area contributed by atoms with Gasteiger partial charge < -0.3 is 14.7 Å². The van der Waals surface area contributed by atoms with Gasteiger partial charge in [0, 0.05) is 25.8 Å². The van der Waals surface area contributed by atoms with Gasteiger partial charge in [-0.05, 0) is 31.9 Å². The molecular weight excluding hydrogens is 249 g/mol. The third-order valence-corrected chi connectivity index (χ3v) is 3.31. The second-order valence-corrected chi connectivity index (χ2v) is 4.61. The lowest BCUT2D eigenvalue weighted by atomic mass is 10.1. The van der Waals surface area contributed by atoms with Crippen molar-refractivity contribution in [2.24, 2.45) is 0 Å². The molecule has 0 unspecified atom stereocenters. The molecule has 0 aliphatic carbocycles. The molecule has 2 rings (SSSR count). The minimum Gasteiger partial charge on any atom is -0.508 e. The molecule has 1 aromatic carbocycles. The van der Waals surface area contributed by atoms with Crippen LogP contribution in [0.15, 0.2) is 18.2 Å². The van der Waals surface area contributed by atoms with Crippen molar-refractivity contribution in [1.29, 1.82) is 0 Å². The number of carbonyl (C=O) groups excluding carboxylic acids is 1. The number of halogens is 1. The first-order chi connectivity index (χ1) is 9.11. The molecule has 19 heavy (non-hydrogen) atoms. The van der Waals surface area contributed by atoms with Crippen molar-refractivity contribution in [3.8, 4) is 5.75 Å². The summed E-state index contributed by atoms with van der Waals surface area (Å²) in [6.45, 7) is 3.77. The van der Waals surface area contributed by atoms with Crippen LogP contribution in [0.25, 0.3) is 0 Å². The maximum Gasteiger partial charge on any atom is 0.256 e. The van der Waals surface area contributed by atoms with Gasteiger partial charge in [-0.15, -0.1) is 0 Å². The summed E-state index contributed by atoms with van der Waals surface area (Å²) in [7, 11) is 0. The summed E-state index contributed by atoms with van der Waals surface area (Å²) in [5, 5.41) is 9.14. The lowest BCUT2D eigenvalue weighted by Gasteiger charge is -2.31. The summed E-state index contributed by atoms with van der Waals surface area (Å²) < 4.78 is 19.1. The predicted octanol–water partition coefficient (Wildman–Crippen LogP) is 2.17. The Labute approximate surface area is 111 Å². The molecule has 1 heterocycles. The number of phenols is 1. The molecule has 0 saturated carbocycles. The fraction of sp³-hybridized carbons (Fsp3) is 0.500. The molecule has 0 aromatic heterocycles. The number of amides is 1. The van der Waals surface area contributed by atoms with Crippen LogP contribution in [0.4, 0.5) is 4.39 Å². The summed E-state index contributed by atoms with van der Waals surface area (Å²) in [6.07, 6.45) is 1.75. The lowest BCUT2D eigenvalue weighted by molar-refractivity contribution is 0.0145. The second-order valence-electron chi connectivity index (χ2n) is 4.61. The van der Waals surface area contributed by atoms with Crippen LogP contribution in [0.2, 0.25) is 0 Å². The lowest BCUT2D eigenvalue weighted by Crippen LogP contribution is -2.41. The normalized spacial score (nSPS) is 16.6. The minimum absolute atomic E-state index is 0.00709. The SMILES string of the molecule is CCOC1CCN(C(=O)c2ccc(O)cc2F)CC1. The smallest absolute Gasteiger partial charge is 0.256 e. The molecular formula is C14H18FNO3. The Kier molecular flexibility index (Phi) is 4.37. The first-order valence-corrected chi connectivity index (χ1v) is 6.51. The largest absolute Gasteiger partial charge is 0.508 e. The molecule has 0 radical (unpaired) electrons. The summed E-state index contributed by atoms with van der Waals surface area (Å²) >= 11 is 0. The standard InChI is InChI=1S/C14H18FNO3/c1-2-19-11-5-7-16(8-6-11)14(18)12-4-3-10(17)9-13(12)15/h3-4,9,11,17H,2,5-8H2,1H3. The van der Waals surface area contributed by atoms with Crippen LogP contribution in [0.5, 0.6) is 5.75 Å². The number of aromatic hydroxyl groups is 1. The van der Waals surface area contributed by atoms with Gasteiger partial charge in [0.1, 0.15) is 11.6 Å².